The molecule has 2 unspecified atom stereocenters. The molecule has 0 aromatic heterocycles. The molecule has 174 valence electrons. The number of carboxylic acids is 1. The summed E-state index contributed by atoms with van der Waals surface area (Å²) >= 11 is 0. The van der Waals surface area contributed by atoms with Gasteiger partial charge < -0.3 is 29.6 Å². The van der Waals surface area contributed by atoms with Crippen molar-refractivity contribution in [2.45, 2.75) is 84.2 Å². The predicted molar refractivity (Wildman–Crippen MR) is 120 cm³/mol. The number of ether oxygens (including phenoxy) is 2. The Labute approximate surface area is 238 Å². The number of rotatable bonds is 10. The molecule has 2 N–H and O–H groups in total. The van der Waals surface area contributed by atoms with Crippen LogP contribution in [0.5, 0.6) is 11.5 Å². The molecule has 0 fully saturated rings. The Morgan fingerprint density at radius 3 is 2.45 bits per heavy atom. The molecule has 2 atom stereocenters. The summed E-state index contributed by atoms with van der Waals surface area (Å²) in [6.07, 6.45) is -0.761. The van der Waals surface area contributed by atoms with E-state index in [0.29, 0.717) is 19.4 Å². The zero-order valence-electron chi connectivity index (χ0n) is 20.3. The summed E-state index contributed by atoms with van der Waals surface area (Å²) in [7, 11) is 0. The third-order valence-corrected chi connectivity index (χ3v) is 6.02. The average Bonchev–Trinajstić information content (AvgIpc) is 3.03. The van der Waals surface area contributed by atoms with Crippen LogP contribution in [0.15, 0.2) is 30.3 Å². The van der Waals surface area contributed by atoms with E-state index >= 15 is 0 Å². The Kier molecular flexibility index (Phi) is 10.4. The number of carbonyl (C=O) groups is 1. The number of hydrogen-bond acceptors (Lipinski definition) is 6. The number of carbonyl (C=O) groups excluding carboxylic acids is 1. The average molecular weight is 481 g/mol. The summed E-state index contributed by atoms with van der Waals surface area (Å²) in [5.74, 6) is 0.377. The fourth-order valence-corrected chi connectivity index (χ4v) is 4.42. The van der Waals surface area contributed by atoms with Gasteiger partial charge in [-0.15, -0.1) is 0 Å². The molecule has 1 aliphatic heterocycles. The van der Waals surface area contributed by atoms with Crippen LogP contribution in [0.2, 0.25) is 0 Å². The molecular weight excluding hydrogens is 447 g/mol. The molecule has 2 aromatic carbocycles. The van der Waals surface area contributed by atoms with Gasteiger partial charge in [0, 0.05) is 29.9 Å². The number of benzene rings is 2. The van der Waals surface area contributed by atoms with E-state index in [9.17, 15) is 20.1 Å². The van der Waals surface area contributed by atoms with E-state index < -0.39 is 24.6 Å². The molecule has 0 spiro atoms. The smallest absolute Gasteiger partial charge is 0.550 e. The number of aliphatic hydroxyl groups is 2. The van der Waals surface area contributed by atoms with Crippen molar-refractivity contribution in [1.82, 2.24) is 0 Å². The first-order valence-electron chi connectivity index (χ1n) is 11.1. The van der Waals surface area contributed by atoms with E-state index in [0.717, 1.165) is 45.7 Å². The van der Waals surface area contributed by atoms with E-state index in [-0.39, 0.29) is 63.4 Å². The molecule has 1 heterocycles. The van der Waals surface area contributed by atoms with Gasteiger partial charge in [0.2, 0.25) is 0 Å². The third kappa shape index (κ3) is 7.52. The minimum Gasteiger partial charge on any atom is -0.550 e. The number of hydrogen-bond donors (Lipinski definition) is 2. The molecule has 6 nitrogen and oxygen atoms in total. The second kappa shape index (κ2) is 12.2. The van der Waals surface area contributed by atoms with Gasteiger partial charge in [-0.3, -0.25) is 0 Å². The normalized spacial score (nSPS) is 15.7. The van der Waals surface area contributed by atoms with Gasteiger partial charge in [-0.25, -0.2) is 0 Å². The van der Waals surface area contributed by atoms with Crippen LogP contribution < -0.4 is 66.0 Å². The van der Waals surface area contributed by atoms with Crippen LogP contribution in [0, 0.1) is 13.8 Å². The maximum atomic E-state index is 10.7. The molecule has 0 amide bonds. The van der Waals surface area contributed by atoms with Crippen molar-refractivity contribution >= 4 is 5.97 Å². The molecular formula is C26H33KO6. The topological polar surface area (TPSA) is 99.1 Å². The zero-order chi connectivity index (χ0) is 23.5. The van der Waals surface area contributed by atoms with Crippen LogP contribution in [0.4, 0.5) is 0 Å². The van der Waals surface area contributed by atoms with Crippen molar-refractivity contribution < 1.29 is 81.0 Å². The summed E-state index contributed by atoms with van der Waals surface area (Å²) in [6.45, 7) is 8.65. The summed E-state index contributed by atoms with van der Waals surface area (Å²) < 4.78 is 12.6. The minimum atomic E-state index is -1.33. The van der Waals surface area contributed by atoms with Crippen molar-refractivity contribution in [3.63, 3.8) is 0 Å². The second-order valence-corrected chi connectivity index (χ2v) is 9.34. The summed E-state index contributed by atoms with van der Waals surface area (Å²) in [4.78, 5) is 10.7. The van der Waals surface area contributed by atoms with Crippen molar-refractivity contribution in [2.24, 2.45) is 0 Å². The number of aliphatic carboxylic acids is 1. The van der Waals surface area contributed by atoms with E-state index in [1.165, 1.54) is 0 Å². The fourth-order valence-electron chi connectivity index (χ4n) is 4.42. The van der Waals surface area contributed by atoms with Gasteiger partial charge in [0.05, 0.1) is 12.2 Å². The monoisotopic (exact) mass is 480 g/mol. The summed E-state index contributed by atoms with van der Waals surface area (Å²) in [5.41, 5.74) is 4.94. The van der Waals surface area contributed by atoms with Gasteiger partial charge in [-0.05, 0) is 63.6 Å². The van der Waals surface area contributed by atoms with Crippen LogP contribution in [0.25, 0.3) is 0 Å². The third-order valence-electron chi connectivity index (χ3n) is 6.02. The first-order valence-corrected chi connectivity index (χ1v) is 11.1. The Morgan fingerprint density at radius 1 is 1.15 bits per heavy atom. The Morgan fingerprint density at radius 2 is 1.82 bits per heavy atom. The Balaban J connectivity index is 0.00000385. The molecule has 0 aliphatic carbocycles. The van der Waals surface area contributed by atoms with Crippen LogP contribution >= 0.6 is 0 Å². The standard InChI is InChI=1S/C26H34O6.K/c1-16-21(11-10-19(27)12-20(28)13-23(29)30)25-22(14-26(3,4)32-25)17(2)24(16)31-15-18-8-6-5-7-9-18;/h5-9,19-20,27-28H,10-15H2,1-4H3,(H,29,30);/q;+1/p-1. The Hall–Kier alpha value is -0.934. The molecule has 0 saturated heterocycles. The van der Waals surface area contributed by atoms with Crippen LogP contribution in [-0.4, -0.2) is 34.0 Å². The fraction of sp³-hybridized carbons (Fsp3) is 0.500. The van der Waals surface area contributed by atoms with Gasteiger partial charge >= 0.3 is 51.4 Å². The van der Waals surface area contributed by atoms with Crippen LogP contribution in [-0.2, 0) is 24.2 Å². The zero-order valence-corrected chi connectivity index (χ0v) is 23.4. The van der Waals surface area contributed by atoms with Crippen molar-refractivity contribution in [3.05, 3.63) is 58.1 Å². The maximum Gasteiger partial charge on any atom is 1.00 e. The molecule has 33 heavy (non-hydrogen) atoms. The van der Waals surface area contributed by atoms with Gasteiger partial charge in [0.15, 0.2) is 0 Å². The number of fused-ring (bicyclic) bond motifs is 1. The van der Waals surface area contributed by atoms with Crippen LogP contribution in [0.3, 0.4) is 0 Å². The molecule has 0 bridgehead atoms. The molecule has 3 rings (SSSR count). The molecule has 7 heteroatoms. The van der Waals surface area contributed by atoms with Gasteiger partial charge in [0.25, 0.3) is 0 Å². The molecule has 0 radical (unpaired) electrons. The van der Waals surface area contributed by atoms with E-state index in [1.54, 1.807) is 0 Å². The first kappa shape index (κ1) is 28.3. The van der Waals surface area contributed by atoms with Crippen molar-refractivity contribution in [3.8, 4) is 11.5 Å². The summed E-state index contributed by atoms with van der Waals surface area (Å²) in [5, 5.41) is 30.8. The van der Waals surface area contributed by atoms with E-state index in [2.05, 4.69) is 20.8 Å². The van der Waals surface area contributed by atoms with E-state index in [4.69, 9.17) is 9.47 Å². The Bertz CT molecular complexity index is 957. The SMILES string of the molecule is Cc1c(CCC(O)CC(O)CC(=O)[O-])c2c(c(C)c1OCc1ccccc1)CC(C)(C)O2.[K+]. The van der Waals surface area contributed by atoms with Crippen molar-refractivity contribution in [2.75, 3.05) is 0 Å². The molecule has 2 aromatic rings. The van der Waals surface area contributed by atoms with Gasteiger partial charge in [0.1, 0.15) is 23.7 Å². The minimum absolute atomic E-state index is 0. The van der Waals surface area contributed by atoms with E-state index in [1.807, 2.05) is 37.3 Å². The number of carboxylic acid groups (broad SMARTS) is 1. The molecule has 0 saturated carbocycles. The predicted octanol–water partition coefficient (Wildman–Crippen LogP) is -0.216. The quantitative estimate of drug-likeness (QED) is 0.457. The maximum absolute atomic E-state index is 10.7. The van der Waals surface area contributed by atoms with Gasteiger partial charge in [-0.1, -0.05) is 30.3 Å². The van der Waals surface area contributed by atoms with Crippen LogP contribution in [0.1, 0.15) is 60.9 Å². The van der Waals surface area contributed by atoms with Crippen molar-refractivity contribution in [1.29, 1.82) is 0 Å². The second-order valence-electron chi connectivity index (χ2n) is 9.34. The first-order chi connectivity index (χ1) is 15.1. The summed E-state index contributed by atoms with van der Waals surface area (Å²) in [6, 6.07) is 10.00. The largest absolute Gasteiger partial charge is 1.00 e. The number of aliphatic hydroxyl groups excluding tert-OH is 2. The molecule has 1 aliphatic rings. The van der Waals surface area contributed by atoms with Gasteiger partial charge in [-0.2, -0.15) is 0 Å².